The third kappa shape index (κ3) is 8.70. The molecule has 0 unspecified atom stereocenters. The number of halogens is 3. The molecule has 4 aromatic rings. The molecule has 0 saturated carbocycles. The summed E-state index contributed by atoms with van der Waals surface area (Å²) in [6.07, 6.45) is -1.28. The smallest absolute Gasteiger partial charge is 0.485 e. The van der Waals surface area contributed by atoms with Crippen molar-refractivity contribution in [2.45, 2.75) is 32.5 Å². The minimum atomic E-state index is -5.08. The van der Waals surface area contributed by atoms with E-state index < -0.39 is 12.1 Å². The fourth-order valence-electron chi connectivity index (χ4n) is 3.01. The Morgan fingerprint density at radius 3 is 2.14 bits per heavy atom. The minimum Gasteiger partial charge on any atom is -0.485 e. The predicted octanol–water partition coefficient (Wildman–Crippen LogP) is 6.59. The van der Waals surface area contributed by atoms with E-state index in [1.54, 1.807) is 11.3 Å². The van der Waals surface area contributed by atoms with Crippen LogP contribution in [0.25, 0.3) is 0 Å². The van der Waals surface area contributed by atoms with Crippen LogP contribution in [-0.4, -0.2) is 27.2 Å². The van der Waals surface area contributed by atoms with Gasteiger partial charge in [0.15, 0.2) is 16.7 Å². The number of nitrogens with one attached hydrogen (secondary N) is 1. The number of rotatable bonds is 8. The van der Waals surface area contributed by atoms with Crippen molar-refractivity contribution in [1.82, 2.24) is 9.97 Å². The highest BCUT2D eigenvalue weighted by Crippen LogP contribution is 2.29. The van der Waals surface area contributed by atoms with Crippen molar-refractivity contribution in [3.8, 4) is 5.75 Å². The average Bonchev–Trinajstić information content (AvgIpc) is 3.28. The van der Waals surface area contributed by atoms with Gasteiger partial charge in [0.25, 0.3) is 0 Å². The molecule has 2 aromatic heterocycles. The number of aliphatic carboxylic acids is 1. The van der Waals surface area contributed by atoms with Crippen LogP contribution >= 0.6 is 11.3 Å². The van der Waals surface area contributed by atoms with Crippen molar-refractivity contribution in [1.29, 1.82) is 0 Å². The number of pyridine rings is 1. The molecule has 0 amide bonds. The van der Waals surface area contributed by atoms with E-state index in [9.17, 15) is 13.2 Å². The average molecular weight is 516 g/mol. The zero-order valence-electron chi connectivity index (χ0n) is 19.3. The van der Waals surface area contributed by atoms with Crippen molar-refractivity contribution in [2.75, 3.05) is 5.32 Å². The zero-order valence-corrected chi connectivity index (χ0v) is 20.1. The van der Waals surface area contributed by atoms with E-state index in [4.69, 9.17) is 14.6 Å². The molecule has 0 aliphatic carbocycles. The number of carbonyl (C=O) groups is 1. The lowest BCUT2D eigenvalue weighted by Crippen LogP contribution is -2.21. The maximum Gasteiger partial charge on any atom is 0.490 e. The van der Waals surface area contributed by atoms with Gasteiger partial charge < -0.3 is 15.2 Å². The Labute approximate surface area is 210 Å². The third-order valence-electron chi connectivity index (χ3n) is 4.78. The lowest BCUT2D eigenvalue weighted by atomic mass is 10.1. The van der Waals surface area contributed by atoms with Crippen LogP contribution in [-0.2, 0) is 24.2 Å². The minimum absolute atomic E-state index is 0.496. The van der Waals surface area contributed by atoms with Crippen LogP contribution in [0, 0.1) is 6.92 Å². The second kappa shape index (κ2) is 12.7. The first-order chi connectivity index (χ1) is 17.2. The van der Waals surface area contributed by atoms with Gasteiger partial charge in [-0.1, -0.05) is 60.7 Å². The van der Waals surface area contributed by atoms with E-state index in [2.05, 4.69) is 57.7 Å². The first kappa shape index (κ1) is 26.7. The number of thiazole rings is 1. The van der Waals surface area contributed by atoms with Crippen molar-refractivity contribution in [3.05, 3.63) is 101 Å². The molecule has 36 heavy (non-hydrogen) atoms. The van der Waals surface area contributed by atoms with Gasteiger partial charge in [-0.25, -0.2) is 14.8 Å². The monoisotopic (exact) mass is 515 g/mol. The summed E-state index contributed by atoms with van der Waals surface area (Å²) in [7, 11) is 0. The van der Waals surface area contributed by atoms with Crippen molar-refractivity contribution in [2.24, 2.45) is 0 Å². The molecule has 0 aliphatic rings. The standard InChI is InChI=1S/C24H23N3OS.C2HF3O2/c1-18-17-29-24(26-18)27-23-22(28-16-20-10-6-3-7-11-20)14-21(15-25-23)13-12-19-8-4-2-5-9-19;3-2(4,5)1(6)7/h2-11,14-15,17H,12-13,16H2,1H3,(H,25,26,27);(H,6,7). The second-order valence-electron chi connectivity index (χ2n) is 7.67. The van der Waals surface area contributed by atoms with Crippen LogP contribution in [0.2, 0.25) is 0 Å². The summed E-state index contributed by atoms with van der Waals surface area (Å²) in [5.41, 5.74) is 4.58. The van der Waals surface area contributed by atoms with Gasteiger partial charge in [0, 0.05) is 11.6 Å². The van der Waals surface area contributed by atoms with Crippen molar-refractivity contribution in [3.63, 3.8) is 0 Å². The van der Waals surface area contributed by atoms with Gasteiger partial charge in [0.05, 0.1) is 5.69 Å². The Kier molecular flexibility index (Phi) is 9.40. The normalized spacial score (nSPS) is 10.8. The summed E-state index contributed by atoms with van der Waals surface area (Å²) in [5, 5.41) is 13.3. The Morgan fingerprint density at radius 2 is 1.58 bits per heavy atom. The fourth-order valence-corrected chi connectivity index (χ4v) is 3.69. The van der Waals surface area contributed by atoms with Gasteiger partial charge in [-0.3, -0.25) is 0 Å². The zero-order chi connectivity index (χ0) is 26.0. The van der Waals surface area contributed by atoms with E-state index in [0.717, 1.165) is 40.5 Å². The molecule has 0 atom stereocenters. The predicted molar refractivity (Wildman–Crippen MR) is 133 cm³/mol. The topological polar surface area (TPSA) is 84.3 Å². The van der Waals surface area contributed by atoms with Crippen molar-refractivity contribution < 1.29 is 27.8 Å². The number of carboxylic acids is 1. The Balaban J connectivity index is 0.000000454. The van der Waals surface area contributed by atoms with E-state index in [-0.39, 0.29) is 0 Å². The molecule has 0 radical (unpaired) electrons. The lowest BCUT2D eigenvalue weighted by molar-refractivity contribution is -0.192. The van der Waals surface area contributed by atoms with Crippen LogP contribution in [0.15, 0.2) is 78.3 Å². The molecule has 4 rings (SSSR count). The van der Waals surface area contributed by atoms with E-state index in [1.807, 2.05) is 42.8 Å². The third-order valence-corrected chi connectivity index (χ3v) is 5.65. The van der Waals surface area contributed by atoms with E-state index in [1.165, 1.54) is 5.56 Å². The first-order valence-electron chi connectivity index (χ1n) is 10.9. The molecule has 10 heteroatoms. The SMILES string of the molecule is Cc1csc(Nc2ncc(CCc3ccccc3)cc2OCc2ccccc2)n1.O=C(O)C(F)(F)F. The van der Waals surface area contributed by atoms with Crippen molar-refractivity contribution >= 4 is 28.3 Å². The maximum absolute atomic E-state index is 10.6. The first-order valence-corrected chi connectivity index (χ1v) is 11.8. The Morgan fingerprint density at radius 1 is 1.00 bits per heavy atom. The Hall–Kier alpha value is -3.92. The molecule has 2 heterocycles. The Bertz CT molecular complexity index is 1250. The fraction of sp³-hybridized carbons (Fsp3) is 0.192. The number of aromatic nitrogens is 2. The number of aryl methyl sites for hydroxylation is 3. The summed E-state index contributed by atoms with van der Waals surface area (Å²) in [6, 6.07) is 22.7. The number of carboxylic acid groups (broad SMARTS) is 1. The van der Waals surface area contributed by atoms with Crippen LogP contribution in [0.3, 0.4) is 0 Å². The molecule has 2 N–H and O–H groups in total. The molecular formula is C26H24F3N3O3S. The largest absolute Gasteiger partial charge is 0.490 e. The number of benzene rings is 2. The highest BCUT2D eigenvalue weighted by molar-refractivity contribution is 7.13. The van der Waals surface area contributed by atoms with Gasteiger partial charge >= 0.3 is 12.1 Å². The number of nitrogens with zero attached hydrogens (tertiary/aromatic N) is 2. The number of alkyl halides is 3. The van der Waals surface area contributed by atoms with Gasteiger partial charge in [0.1, 0.15) is 6.61 Å². The van der Waals surface area contributed by atoms with Crippen LogP contribution in [0.5, 0.6) is 5.75 Å². The summed E-state index contributed by atoms with van der Waals surface area (Å²) >= 11 is 1.56. The molecule has 0 spiro atoms. The molecule has 6 nitrogen and oxygen atoms in total. The highest BCUT2D eigenvalue weighted by atomic mass is 32.1. The van der Waals surface area contributed by atoms with Gasteiger partial charge in [-0.15, -0.1) is 11.3 Å². The molecule has 2 aromatic carbocycles. The number of anilines is 2. The van der Waals surface area contributed by atoms with Crippen LogP contribution in [0.4, 0.5) is 24.1 Å². The summed E-state index contributed by atoms with van der Waals surface area (Å²) in [5.74, 6) is -1.32. The second-order valence-corrected chi connectivity index (χ2v) is 8.53. The van der Waals surface area contributed by atoms with Crippen LogP contribution in [0.1, 0.15) is 22.4 Å². The molecule has 0 bridgehead atoms. The molecule has 0 aliphatic heterocycles. The summed E-state index contributed by atoms with van der Waals surface area (Å²) in [4.78, 5) is 18.0. The summed E-state index contributed by atoms with van der Waals surface area (Å²) < 4.78 is 37.9. The van der Waals surface area contributed by atoms with Gasteiger partial charge in [-0.05, 0) is 42.5 Å². The molecular weight excluding hydrogens is 491 g/mol. The molecule has 0 saturated heterocycles. The summed E-state index contributed by atoms with van der Waals surface area (Å²) in [6.45, 7) is 2.48. The van der Waals surface area contributed by atoms with Gasteiger partial charge in [0.2, 0.25) is 0 Å². The molecule has 0 fully saturated rings. The molecule has 188 valence electrons. The number of ether oxygens (including phenoxy) is 1. The quantitative estimate of drug-likeness (QED) is 0.276. The van der Waals surface area contributed by atoms with E-state index in [0.29, 0.717) is 12.4 Å². The number of hydrogen-bond acceptors (Lipinski definition) is 6. The highest BCUT2D eigenvalue weighted by Gasteiger charge is 2.38. The van der Waals surface area contributed by atoms with Crippen LogP contribution < -0.4 is 10.1 Å². The van der Waals surface area contributed by atoms with E-state index >= 15 is 0 Å². The number of hydrogen-bond donors (Lipinski definition) is 2. The maximum atomic E-state index is 10.6. The van der Waals surface area contributed by atoms with Gasteiger partial charge in [-0.2, -0.15) is 13.2 Å². The lowest BCUT2D eigenvalue weighted by Gasteiger charge is -2.13.